The number of halogens is 3. The van der Waals surface area contributed by atoms with Crippen LogP contribution in [0.25, 0.3) is 0 Å². The van der Waals surface area contributed by atoms with Crippen molar-refractivity contribution in [3.05, 3.63) is 18.1 Å². The van der Waals surface area contributed by atoms with Crippen LogP contribution in [0.5, 0.6) is 0 Å². The van der Waals surface area contributed by atoms with Crippen molar-refractivity contribution < 1.29 is 28.2 Å². The quantitative estimate of drug-likeness (QED) is 0.834. The number of nitrogens with zero attached hydrogens (tertiary/aromatic N) is 4. The van der Waals surface area contributed by atoms with E-state index in [1.807, 2.05) is 0 Å². The molecule has 2 rings (SSSR count). The van der Waals surface area contributed by atoms with Crippen LogP contribution in [0.3, 0.4) is 0 Å². The summed E-state index contributed by atoms with van der Waals surface area (Å²) in [4.78, 5) is 20.6. The number of alkyl halides is 3. The summed E-state index contributed by atoms with van der Waals surface area (Å²) >= 11 is 0. The molecule has 1 unspecified atom stereocenters. The van der Waals surface area contributed by atoms with Gasteiger partial charge in [-0.15, -0.1) is 0 Å². The first-order valence-electron chi connectivity index (χ1n) is 6.07. The van der Waals surface area contributed by atoms with E-state index >= 15 is 0 Å². The molecule has 1 aromatic heterocycles. The minimum Gasteiger partial charge on any atom is -0.465 e. The van der Waals surface area contributed by atoms with Crippen molar-refractivity contribution in [2.45, 2.75) is 12.2 Å². The van der Waals surface area contributed by atoms with Crippen LogP contribution in [-0.4, -0.2) is 63.5 Å². The van der Waals surface area contributed by atoms with Crippen molar-refractivity contribution in [3.8, 4) is 0 Å². The molecule has 1 amide bonds. The second kappa shape index (κ2) is 5.72. The van der Waals surface area contributed by atoms with Crippen LogP contribution >= 0.6 is 0 Å². The van der Waals surface area contributed by atoms with Crippen LogP contribution in [0.15, 0.2) is 12.4 Å². The maximum atomic E-state index is 12.4. The topological polar surface area (TPSA) is 89.8 Å². The number of carboxylic acid groups (broad SMARTS) is 1. The van der Waals surface area contributed by atoms with Crippen molar-refractivity contribution in [2.75, 3.05) is 31.1 Å². The number of aliphatic hydroxyl groups is 1. The third kappa shape index (κ3) is 3.32. The second-order valence-electron chi connectivity index (χ2n) is 4.52. The van der Waals surface area contributed by atoms with Crippen molar-refractivity contribution in [2.24, 2.45) is 0 Å². The zero-order chi connectivity index (χ0) is 15.6. The first-order chi connectivity index (χ1) is 9.82. The summed E-state index contributed by atoms with van der Waals surface area (Å²) in [6.07, 6.45) is -4.08. The molecule has 1 aromatic rings. The summed E-state index contributed by atoms with van der Waals surface area (Å²) in [5, 5.41) is 18.2. The van der Waals surface area contributed by atoms with Gasteiger partial charge in [0, 0.05) is 19.6 Å². The summed E-state index contributed by atoms with van der Waals surface area (Å²) in [5.41, 5.74) is -1.10. The molecule has 1 aliphatic heterocycles. The molecule has 116 valence electrons. The fourth-order valence-corrected chi connectivity index (χ4v) is 2.10. The van der Waals surface area contributed by atoms with E-state index in [0.717, 1.165) is 11.1 Å². The van der Waals surface area contributed by atoms with E-state index in [2.05, 4.69) is 9.97 Å². The zero-order valence-electron chi connectivity index (χ0n) is 10.8. The summed E-state index contributed by atoms with van der Waals surface area (Å²) in [7, 11) is 0. The predicted molar refractivity (Wildman–Crippen MR) is 64.9 cm³/mol. The van der Waals surface area contributed by atoms with E-state index in [1.54, 1.807) is 4.90 Å². The van der Waals surface area contributed by atoms with Crippen molar-refractivity contribution in [3.63, 3.8) is 0 Å². The van der Waals surface area contributed by atoms with E-state index in [0.29, 0.717) is 6.20 Å². The summed E-state index contributed by atoms with van der Waals surface area (Å²) < 4.78 is 37.3. The number of hydrogen-bond acceptors (Lipinski definition) is 5. The molecule has 7 nitrogen and oxygen atoms in total. The van der Waals surface area contributed by atoms with Gasteiger partial charge < -0.3 is 20.0 Å². The molecule has 2 N–H and O–H groups in total. The van der Waals surface area contributed by atoms with Crippen molar-refractivity contribution in [1.29, 1.82) is 0 Å². The third-order valence-corrected chi connectivity index (χ3v) is 3.19. The lowest BCUT2D eigenvalue weighted by atomic mass is 10.2. The Labute approximate surface area is 117 Å². The lowest BCUT2D eigenvalue weighted by Gasteiger charge is -2.40. The number of aliphatic hydroxyl groups excluding tert-OH is 1. The Morgan fingerprint density at radius 1 is 1.33 bits per heavy atom. The Bertz CT molecular complexity index is 508. The molecule has 1 atom stereocenters. The van der Waals surface area contributed by atoms with Gasteiger partial charge in [-0.25, -0.2) is 14.8 Å². The highest BCUT2D eigenvalue weighted by molar-refractivity contribution is 5.65. The van der Waals surface area contributed by atoms with Gasteiger partial charge in [-0.3, -0.25) is 0 Å². The Hall–Kier alpha value is -2.10. The van der Waals surface area contributed by atoms with Crippen LogP contribution in [0.2, 0.25) is 0 Å². The highest BCUT2D eigenvalue weighted by Crippen LogP contribution is 2.27. The van der Waals surface area contributed by atoms with Gasteiger partial charge in [0.05, 0.1) is 25.0 Å². The van der Waals surface area contributed by atoms with E-state index in [1.165, 1.54) is 0 Å². The molecular weight excluding hydrogens is 293 g/mol. The van der Waals surface area contributed by atoms with Gasteiger partial charge in [0.1, 0.15) is 5.82 Å². The SMILES string of the molecule is O=C(O)N1CCN(c2cnc(C(F)(F)F)cn2)C(CO)C1. The van der Waals surface area contributed by atoms with Crippen molar-refractivity contribution in [1.82, 2.24) is 14.9 Å². The van der Waals surface area contributed by atoms with Gasteiger partial charge >= 0.3 is 12.3 Å². The molecular formula is C11H13F3N4O3. The van der Waals surface area contributed by atoms with Crippen LogP contribution in [0, 0.1) is 0 Å². The van der Waals surface area contributed by atoms with Gasteiger partial charge in [-0.1, -0.05) is 0 Å². The van der Waals surface area contributed by atoms with Gasteiger partial charge in [-0.05, 0) is 0 Å². The van der Waals surface area contributed by atoms with Gasteiger partial charge in [0.25, 0.3) is 0 Å². The minimum absolute atomic E-state index is 0.0501. The Morgan fingerprint density at radius 3 is 2.52 bits per heavy atom. The lowest BCUT2D eigenvalue weighted by Crippen LogP contribution is -2.56. The van der Waals surface area contributed by atoms with Crippen LogP contribution in [0.4, 0.5) is 23.8 Å². The number of anilines is 1. The molecule has 0 radical (unpaired) electrons. The van der Waals surface area contributed by atoms with Crippen LogP contribution < -0.4 is 4.90 Å². The largest absolute Gasteiger partial charge is 0.465 e. The fraction of sp³-hybridized carbons (Fsp3) is 0.545. The van der Waals surface area contributed by atoms with Gasteiger partial charge in [-0.2, -0.15) is 13.2 Å². The fourth-order valence-electron chi connectivity index (χ4n) is 2.10. The Morgan fingerprint density at radius 2 is 2.05 bits per heavy atom. The molecule has 0 aromatic carbocycles. The smallest absolute Gasteiger partial charge is 0.434 e. The molecule has 1 saturated heterocycles. The summed E-state index contributed by atoms with van der Waals surface area (Å²) in [5.74, 6) is 0.173. The summed E-state index contributed by atoms with van der Waals surface area (Å²) in [6.45, 7) is 0.104. The average molecular weight is 306 g/mol. The molecule has 0 spiro atoms. The first-order valence-corrected chi connectivity index (χ1v) is 6.07. The van der Waals surface area contributed by atoms with E-state index < -0.39 is 24.0 Å². The zero-order valence-corrected chi connectivity index (χ0v) is 10.8. The number of aromatic nitrogens is 2. The van der Waals surface area contributed by atoms with E-state index in [9.17, 15) is 23.1 Å². The number of rotatable bonds is 2. The van der Waals surface area contributed by atoms with Crippen LogP contribution in [-0.2, 0) is 6.18 Å². The van der Waals surface area contributed by atoms with E-state index in [-0.39, 0.29) is 32.1 Å². The number of amides is 1. The highest BCUT2D eigenvalue weighted by Gasteiger charge is 2.34. The molecule has 0 bridgehead atoms. The monoisotopic (exact) mass is 306 g/mol. The highest BCUT2D eigenvalue weighted by atomic mass is 19.4. The first kappa shape index (κ1) is 15.3. The molecule has 1 aliphatic rings. The molecule has 10 heteroatoms. The Balaban J connectivity index is 2.16. The second-order valence-corrected chi connectivity index (χ2v) is 4.52. The number of carbonyl (C=O) groups is 1. The van der Waals surface area contributed by atoms with Crippen molar-refractivity contribution >= 4 is 11.9 Å². The molecule has 0 saturated carbocycles. The Kier molecular flexibility index (Phi) is 4.16. The lowest BCUT2D eigenvalue weighted by molar-refractivity contribution is -0.141. The summed E-state index contributed by atoms with van der Waals surface area (Å²) in [6, 6.07) is -0.569. The van der Waals surface area contributed by atoms with Gasteiger partial charge in [0.15, 0.2) is 5.69 Å². The normalized spacial score (nSPS) is 19.7. The van der Waals surface area contributed by atoms with E-state index in [4.69, 9.17) is 5.11 Å². The molecule has 1 fully saturated rings. The standard InChI is InChI=1S/C11H13F3N4O3/c12-11(13,14)8-3-16-9(4-15-8)18-2-1-17(10(20)21)5-7(18)6-19/h3-4,7,19H,1-2,5-6H2,(H,20,21). The average Bonchev–Trinajstić information content (AvgIpc) is 2.45. The number of piperazine rings is 1. The molecule has 21 heavy (non-hydrogen) atoms. The van der Waals surface area contributed by atoms with Crippen LogP contribution in [0.1, 0.15) is 5.69 Å². The molecule has 2 heterocycles. The maximum Gasteiger partial charge on any atom is 0.434 e. The predicted octanol–water partition coefficient (Wildman–Crippen LogP) is 0.656. The molecule has 0 aliphatic carbocycles. The third-order valence-electron chi connectivity index (χ3n) is 3.19. The number of hydrogen-bond donors (Lipinski definition) is 2. The minimum atomic E-state index is -4.57. The maximum absolute atomic E-state index is 12.4. The van der Waals surface area contributed by atoms with Gasteiger partial charge in [0.2, 0.25) is 0 Å².